The van der Waals surface area contributed by atoms with Crippen molar-refractivity contribution in [3.8, 4) is 0 Å². The summed E-state index contributed by atoms with van der Waals surface area (Å²) in [5.74, 6) is 0. The first kappa shape index (κ1) is 18.2. The van der Waals surface area contributed by atoms with Gasteiger partial charge in [0.15, 0.2) is 0 Å². The zero-order valence-corrected chi connectivity index (χ0v) is 16.8. The fourth-order valence-corrected chi connectivity index (χ4v) is 5.21. The van der Waals surface area contributed by atoms with E-state index in [0.717, 1.165) is 32.7 Å². The van der Waals surface area contributed by atoms with E-state index in [4.69, 9.17) is 0 Å². The predicted octanol–water partition coefficient (Wildman–Crippen LogP) is 4.22. The van der Waals surface area contributed by atoms with Gasteiger partial charge in [0.2, 0.25) is 0 Å². The van der Waals surface area contributed by atoms with Crippen LogP contribution in [-0.2, 0) is 13.1 Å². The minimum Gasteiger partial charge on any atom is -0.303 e. The third-order valence-electron chi connectivity index (χ3n) is 5.80. The summed E-state index contributed by atoms with van der Waals surface area (Å²) >= 11 is 1.95. The Bertz CT molecular complexity index is 678. The zero-order chi connectivity index (χ0) is 17.8. The second kappa shape index (κ2) is 8.66. The van der Waals surface area contributed by atoms with Crippen LogP contribution in [0.5, 0.6) is 0 Å². The number of benzene rings is 1. The molecule has 1 atom stereocenters. The van der Waals surface area contributed by atoms with Crippen molar-refractivity contribution in [2.75, 3.05) is 39.8 Å². The number of likely N-dealkylation sites (tertiary alicyclic amines) is 1. The molecule has 2 saturated heterocycles. The van der Waals surface area contributed by atoms with Crippen molar-refractivity contribution >= 4 is 11.3 Å². The third-order valence-corrected chi connectivity index (χ3v) is 6.77. The maximum absolute atomic E-state index is 2.67. The van der Waals surface area contributed by atoms with Gasteiger partial charge in [-0.2, -0.15) is 0 Å². The molecule has 0 unspecified atom stereocenters. The number of hydrogen-bond acceptors (Lipinski definition) is 4. The van der Waals surface area contributed by atoms with E-state index in [9.17, 15) is 0 Å². The zero-order valence-electron chi connectivity index (χ0n) is 15.9. The summed E-state index contributed by atoms with van der Waals surface area (Å²) in [5, 5.41) is 2.39. The average Bonchev–Trinajstić information content (AvgIpc) is 3.11. The Kier molecular flexibility index (Phi) is 6.05. The predicted molar refractivity (Wildman–Crippen MR) is 111 cm³/mol. The number of piperidine rings is 1. The maximum atomic E-state index is 2.67. The fraction of sp³-hybridized carbons (Fsp3) is 0.545. The number of thiophene rings is 1. The van der Waals surface area contributed by atoms with Gasteiger partial charge in [-0.3, -0.25) is 9.80 Å². The van der Waals surface area contributed by atoms with E-state index in [1.54, 1.807) is 0 Å². The molecule has 3 nitrogen and oxygen atoms in total. The molecule has 140 valence electrons. The quantitative estimate of drug-likeness (QED) is 0.781. The summed E-state index contributed by atoms with van der Waals surface area (Å²) < 4.78 is 0. The molecule has 2 aromatic rings. The Morgan fingerprint density at radius 3 is 2.58 bits per heavy atom. The van der Waals surface area contributed by atoms with Gasteiger partial charge < -0.3 is 4.90 Å². The molecule has 2 aliphatic rings. The lowest BCUT2D eigenvalue weighted by Crippen LogP contribution is -2.46. The Balaban J connectivity index is 1.42. The molecule has 0 radical (unpaired) electrons. The summed E-state index contributed by atoms with van der Waals surface area (Å²) in [6, 6.07) is 14.0. The van der Waals surface area contributed by atoms with Gasteiger partial charge in [0.05, 0.1) is 0 Å². The van der Waals surface area contributed by atoms with Crippen LogP contribution in [0.3, 0.4) is 0 Å². The van der Waals surface area contributed by atoms with E-state index < -0.39 is 0 Å². The highest BCUT2D eigenvalue weighted by Crippen LogP contribution is 2.28. The van der Waals surface area contributed by atoms with Crippen molar-refractivity contribution < 1.29 is 0 Å². The molecule has 26 heavy (non-hydrogen) atoms. The summed E-state index contributed by atoms with van der Waals surface area (Å²) in [6.07, 6.45) is 4.16. The van der Waals surface area contributed by atoms with Gasteiger partial charge in [-0.1, -0.05) is 36.8 Å². The van der Waals surface area contributed by atoms with Crippen molar-refractivity contribution in [1.82, 2.24) is 14.7 Å². The van der Waals surface area contributed by atoms with Crippen molar-refractivity contribution in [1.29, 1.82) is 0 Å². The lowest BCUT2D eigenvalue weighted by Gasteiger charge is -2.40. The minimum atomic E-state index is 0.502. The highest BCUT2D eigenvalue weighted by molar-refractivity contribution is 7.10. The Hall–Kier alpha value is -1.20. The molecule has 0 spiro atoms. The van der Waals surface area contributed by atoms with Gasteiger partial charge in [0, 0.05) is 43.6 Å². The van der Waals surface area contributed by atoms with Crippen LogP contribution in [0.25, 0.3) is 0 Å². The van der Waals surface area contributed by atoms with Crippen LogP contribution in [-0.4, -0.2) is 54.5 Å². The van der Waals surface area contributed by atoms with Crippen LogP contribution in [0.15, 0.2) is 41.8 Å². The summed E-state index contributed by atoms with van der Waals surface area (Å²) in [6.45, 7) is 8.21. The van der Waals surface area contributed by atoms with Crippen LogP contribution in [0.1, 0.15) is 41.3 Å². The molecule has 1 aromatic heterocycles. The largest absolute Gasteiger partial charge is 0.303 e. The van der Waals surface area contributed by atoms with Crippen molar-refractivity contribution in [3.05, 3.63) is 57.8 Å². The van der Waals surface area contributed by atoms with Crippen molar-refractivity contribution in [2.24, 2.45) is 0 Å². The van der Waals surface area contributed by atoms with E-state index in [1.165, 1.54) is 48.4 Å². The molecule has 3 heterocycles. The Morgan fingerprint density at radius 2 is 1.77 bits per heavy atom. The fourth-order valence-electron chi connectivity index (χ4n) is 4.31. The summed E-state index contributed by atoms with van der Waals surface area (Å²) in [7, 11) is 2.25. The Labute approximate surface area is 162 Å². The SMILES string of the molecule is CN1CCN(Cc2cc(CN3CCCCC3)cs2)[C@@H](c2ccccc2)C1. The number of likely N-dealkylation sites (N-methyl/N-ethyl adjacent to an activating group) is 1. The average molecular weight is 370 g/mol. The molecule has 1 aromatic carbocycles. The molecule has 2 fully saturated rings. The van der Waals surface area contributed by atoms with E-state index in [-0.39, 0.29) is 0 Å². The first-order valence-electron chi connectivity index (χ1n) is 10.0. The van der Waals surface area contributed by atoms with Crippen LogP contribution in [0.2, 0.25) is 0 Å². The van der Waals surface area contributed by atoms with E-state index in [2.05, 4.69) is 63.5 Å². The van der Waals surface area contributed by atoms with Gasteiger partial charge in [0.1, 0.15) is 0 Å². The Morgan fingerprint density at radius 1 is 0.962 bits per heavy atom. The first-order valence-corrected chi connectivity index (χ1v) is 10.9. The normalized spacial score (nSPS) is 23.3. The van der Waals surface area contributed by atoms with Crippen LogP contribution in [0.4, 0.5) is 0 Å². The molecule has 0 N–H and O–H groups in total. The van der Waals surface area contributed by atoms with Gasteiger partial charge in [-0.15, -0.1) is 11.3 Å². The highest BCUT2D eigenvalue weighted by Gasteiger charge is 2.26. The second-order valence-electron chi connectivity index (χ2n) is 7.92. The van der Waals surface area contributed by atoms with Crippen LogP contribution < -0.4 is 0 Å². The second-order valence-corrected chi connectivity index (χ2v) is 8.91. The number of hydrogen-bond donors (Lipinski definition) is 0. The molecule has 4 rings (SSSR count). The van der Waals surface area contributed by atoms with Crippen LogP contribution in [0, 0.1) is 0 Å². The first-order chi connectivity index (χ1) is 12.8. The lowest BCUT2D eigenvalue weighted by atomic mass is 10.0. The molecule has 4 heteroatoms. The topological polar surface area (TPSA) is 9.72 Å². The van der Waals surface area contributed by atoms with E-state index >= 15 is 0 Å². The summed E-state index contributed by atoms with van der Waals surface area (Å²) in [4.78, 5) is 9.27. The number of rotatable bonds is 5. The van der Waals surface area contributed by atoms with Crippen molar-refractivity contribution in [3.63, 3.8) is 0 Å². The molecule has 2 aliphatic heterocycles. The van der Waals surface area contributed by atoms with Crippen molar-refractivity contribution in [2.45, 2.75) is 38.4 Å². The van der Waals surface area contributed by atoms with E-state index in [1.807, 2.05) is 11.3 Å². The minimum absolute atomic E-state index is 0.502. The van der Waals surface area contributed by atoms with E-state index in [0.29, 0.717) is 6.04 Å². The van der Waals surface area contributed by atoms with Gasteiger partial charge in [0.25, 0.3) is 0 Å². The summed E-state index contributed by atoms with van der Waals surface area (Å²) in [5.41, 5.74) is 2.96. The number of piperazine rings is 1. The maximum Gasteiger partial charge on any atom is 0.0479 e. The molecule has 0 bridgehead atoms. The monoisotopic (exact) mass is 369 g/mol. The molecule has 0 aliphatic carbocycles. The third kappa shape index (κ3) is 4.55. The van der Waals surface area contributed by atoms with Gasteiger partial charge in [-0.05, 0) is 55.6 Å². The molecule has 0 saturated carbocycles. The highest BCUT2D eigenvalue weighted by atomic mass is 32.1. The van der Waals surface area contributed by atoms with Crippen LogP contribution >= 0.6 is 11.3 Å². The van der Waals surface area contributed by atoms with Gasteiger partial charge in [-0.25, -0.2) is 0 Å². The smallest absolute Gasteiger partial charge is 0.0479 e. The number of nitrogens with zero attached hydrogens (tertiary/aromatic N) is 3. The molecule has 0 amide bonds. The van der Waals surface area contributed by atoms with Gasteiger partial charge >= 0.3 is 0 Å². The standard InChI is InChI=1S/C22H31N3S/c1-23-12-13-25(22(17-23)20-8-4-2-5-9-20)16-21-14-19(18-26-21)15-24-10-6-3-7-11-24/h2,4-5,8-9,14,18,22H,3,6-7,10-13,15-17H2,1H3/t22-/m1/s1. The molecular weight excluding hydrogens is 338 g/mol. The lowest BCUT2D eigenvalue weighted by molar-refractivity contribution is 0.0842. The molecular formula is C22H31N3S.